The minimum Gasteiger partial charge on any atom is -0.338 e. The van der Waals surface area contributed by atoms with Gasteiger partial charge in [0.1, 0.15) is 0 Å². The average Bonchev–Trinajstić information content (AvgIpc) is 2.96. The third kappa shape index (κ3) is 3.68. The van der Waals surface area contributed by atoms with Gasteiger partial charge in [-0.05, 0) is 36.8 Å². The number of nitrogens with zero attached hydrogens (tertiary/aromatic N) is 2. The number of fused-ring (bicyclic) bond motifs is 1. The number of rotatable bonds is 3. The minimum atomic E-state index is 0.0346. The van der Waals surface area contributed by atoms with Crippen LogP contribution < -0.4 is 0 Å². The molecule has 2 saturated heterocycles. The zero-order valence-corrected chi connectivity index (χ0v) is 16.5. The summed E-state index contributed by atoms with van der Waals surface area (Å²) in [6.45, 7) is 2.47. The number of benzene rings is 2. The highest BCUT2D eigenvalue weighted by Crippen LogP contribution is 2.42. The lowest BCUT2D eigenvalue weighted by atomic mass is 10.0. The van der Waals surface area contributed by atoms with E-state index in [4.69, 9.17) is 0 Å². The topological polar surface area (TPSA) is 40.6 Å². The highest BCUT2D eigenvalue weighted by Gasteiger charge is 2.47. The van der Waals surface area contributed by atoms with Crippen molar-refractivity contribution in [3.05, 3.63) is 71.8 Å². The van der Waals surface area contributed by atoms with Crippen LogP contribution in [0.4, 0.5) is 0 Å². The van der Waals surface area contributed by atoms with E-state index < -0.39 is 0 Å². The van der Waals surface area contributed by atoms with Crippen LogP contribution in [0.25, 0.3) is 0 Å². The van der Waals surface area contributed by atoms with Crippen LogP contribution >= 0.6 is 0 Å². The zero-order chi connectivity index (χ0) is 19.5. The van der Waals surface area contributed by atoms with Crippen molar-refractivity contribution < 1.29 is 9.59 Å². The van der Waals surface area contributed by atoms with E-state index in [9.17, 15) is 9.59 Å². The molecule has 2 aromatic carbocycles. The molecule has 2 aliphatic rings. The number of amides is 2. The standard InChI is InChI=1S/C24H28N2O2/c1-18(27)25-15-9-8-14-21-23(25)17-22(20-12-6-3-7-13-20)26(21)24(28)16-19-10-4-2-5-11-19/h2-7,10-13,21-23H,8-9,14-17H2,1H3/t21-,22-,23+/m0/s1. The first-order valence-corrected chi connectivity index (χ1v) is 10.3. The summed E-state index contributed by atoms with van der Waals surface area (Å²) in [6, 6.07) is 20.5. The lowest BCUT2D eigenvalue weighted by molar-refractivity contribution is -0.136. The van der Waals surface area contributed by atoms with Crippen molar-refractivity contribution >= 4 is 11.8 Å². The third-order valence-corrected chi connectivity index (χ3v) is 6.23. The monoisotopic (exact) mass is 376 g/mol. The second kappa shape index (κ2) is 8.17. The number of likely N-dealkylation sites (tertiary alicyclic amines) is 2. The summed E-state index contributed by atoms with van der Waals surface area (Å²) in [5.41, 5.74) is 2.21. The van der Waals surface area contributed by atoms with Gasteiger partial charge in [-0.25, -0.2) is 0 Å². The predicted molar refractivity (Wildman–Crippen MR) is 110 cm³/mol. The van der Waals surface area contributed by atoms with E-state index in [0.717, 1.165) is 37.8 Å². The molecule has 28 heavy (non-hydrogen) atoms. The van der Waals surface area contributed by atoms with E-state index in [-0.39, 0.29) is 29.9 Å². The number of hydrogen-bond acceptors (Lipinski definition) is 2. The quantitative estimate of drug-likeness (QED) is 0.813. The Morgan fingerprint density at radius 2 is 1.61 bits per heavy atom. The Hall–Kier alpha value is -2.62. The lowest BCUT2D eigenvalue weighted by Gasteiger charge is -2.34. The molecule has 0 bridgehead atoms. The van der Waals surface area contributed by atoms with Crippen LogP contribution in [0.15, 0.2) is 60.7 Å². The van der Waals surface area contributed by atoms with Crippen LogP contribution in [-0.4, -0.2) is 40.2 Å². The second-order valence-electron chi connectivity index (χ2n) is 7.97. The maximum atomic E-state index is 13.5. The molecule has 2 heterocycles. The Morgan fingerprint density at radius 1 is 0.929 bits per heavy atom. The predicted octanol–water partition coefficient (Wildman–Crippen LogP) is 3.97. The fourth-order valence-electron chi connectivity index (χ4n) is 4.97. The molecule has 0 spiro atoms. The summed E-state index contributed by atoms with van der Waals surface area (Å²) in [5, 5.41) is 0. The Bertz CT molecular complexity index is 821. The van der Waals surface area contributed by atoms with Crippen molar-refractivity contribution in [2.45, 2.75) is 57.2 Å². The molecule has 2 fully saturated rings. The average molecular weight is 377 g/mol. The molecular formula is C24H28N2O2. The van der Waals surface area contributed by atoms with Gasteiger partial charge in [0.15, 0.2) is 0 Å². The molecule has 2 aliphatic heterocycles. The van der Waals surface area contributed by atoms with E-state index in [1.165, 1.54) is 5.56 Å². The van der Waals surface area contributed by atoms with Gasteiger partial charge in [-0.2, -0.15) is 0 Å². The molecular weight excluding hydrogens is 348 g/mol. The maximum Gasteiger partial charge on any atom is 0.227 e. The number of hydrogen-bond donors (Lipinski definition) is 0. The van der Waals surface area contributed by atoms with E-state index >= 15 is 0 Å². The Morgan fingerprint density at radius 3 is 2.29 bits per heavy atom. The van der Waals surface area contributed by atoms with E-state index in [0.29, 0.717) is 6.42 Å². The Kier molecular flexibility index (Phi) is 5.47. The Labute approximate surface area is 167 Å². The van der Waals surface area contributed by atoms with Crippen molar-refractivity contribution in [3.63, 3.8) is 0 Å². The van der Waals surface area contributed by atoms with Gasteiger partial charge in [-0.3, -0.25) is 9.59 Å². The molecule has 146 valence electrons. The van der Waals surface area contributed by atoms with Crippen LogP contribution in [0.3, 0.4) is 0 Å². The van der Waals surface area contributed by atoms with Crippen molar-refractivity contribution in [2.24, 2.45) is 0 Å². The van der Waals surface area contributed by atoms with Crippen molar-refractivity contribution in [1.82, 2.24) is 9.80 Å². The molecule has 0 aliphatic carbocycles. The van der Waals surface area contributed by atoms with Gasteiger partial charge in [0, 0.05) is 13.5 Å². The molecule has 0 radical (unpaired) electrons. The molecule has 4 heteroatoms. The van der Waals surface area contributed by atoms with E-state index in [1.54, 1.807) is 6.92 Å². The SMILES string of the molecule is CC(=O)N1CCCC[C@H]2[C@H]1C[C@@H](c1ccccc1)N2C(=O)Cc1ccccc1. The highest BCUT2D eigenvalue weighted by atomic mass is 16.2. The molecule has 0 unspecified atom stereocenters. The van der Waals surface area contributed by atoms with E-state index in [2.05, 4.69) is 17.0 Å². The van der Waals surface area contributed by atoms with E-state index in [1.807, 2.05) is 53.4 Å². The highest BCUT2D eigenvalue weighted by molar-refractivity contribution is 5.80. The van der Waals surface area contributed by atoms with Crippen molar-refractivity contribution in [3.8, 4) is 0 Å². The first-order valence-electron chi connectivity index (χ1n) is 10.3. The van der Waals surface area contributed by atoms with Crippen molar-refractivity contribution in [2.75, 3.05) is 6.54 Å². The van der Waals surface area contributed by atoms with Gasteiger partial charge in [-0.15, -0.1) is 0 Å². The van der Waals surface area contributed by atoms with Crippen molar-refractivity contribution in [1.29, 1.82) is 0 Å². The Balaban J connectivity index is 1.68. The normalized spacial score (nSPS) is 24.5. The molecule has 0 N–H and O–H groups in total. The van der Waals surface area contributed by atoms with Crippen LogP contribution in [0.5, 0.6) is 0 Å². The van der Waals surface area contributed by atoms with Crippen LogP contribution in [0.2, 0.25) is 0 Å². The first kappa shape index (κ1) is 18.7. The summed E-state index contributed by atoms with van der Waals surface area (Å²) in [4.78, 5) is 29.9. The van der Waals surface area contributed by atoms with Gasteiger partial charge >= 0.3 is 0 Å². The largest absolute Gasteiger partial charge is 0.338 e. The lowest BCUT2D eigenvalue weighted by Crippen LogP contribution is -2.47. The summed E-state index contributed by atoms with van der Waals surface area (Å²) in [5.74, 6) is 0.291. The number of carbonyl (C=O) groups is 2. The van der Waals surface area contributed by atoms with Gasteiger partial charge in [0.05, 0.1) is 24.5 Å². The zero-order valence-electron chi connectivity index (χ0n) is 16.5. The molecule has 4 rings (SSSR count). The molecule has 2 aromatic rings. The summed E-state index contributed by atoms with van der Waals surface area (Å²) in [6.07, 6.45) is 4.28. The van der Waals surface area contributed by atoms with Gasteiger partial charge < -0.3 is 9.80 Å². The minimum absolute atomic E-state index is 0.0346. The van der Waals surface area contributed by atoms with Gasteiger partial charge in [0.25, 0.3) is 0 Å². The van der Waals surface area contributed by atoms with Gasteiger partial charge in [-0.1, -0.05) is 60.7 Å². The fourth-order valence-corrected chi connectivity index (χ4v) is 4.97. The molecule has 0 saturated carbocycles. The fraction of sp³-hybridized carbons (Fsp3) is 0.417. The smallest absolute Gasteiger partial charge is 0.227 e. The van der Waals surface area contributed by atoms with Crippen LogP contribution in [0.1, 0.15) is 49.8 Å². The molecule has 3 atom stereocenters. The number of carbonyl (C=O) groups excluding carboxylic acids is 2. The third-order valence-electron chi connectivity index (χ3n) is 6.23. The molecule has 0 aromatic heterocycles. The molecule has 4 nitrogen and oxygen atoms in total. The second-order valence-corrected chi connectivity index (χ2v) is 7.97. The first-order chi connectivity index (χ1) is 13.6. The summed E-state index contributed by atoms with van der Waals surface area (Å²) < 4.78 is 0. The van der Waals surface area contributed by atoms with Crippen LogP contribution in [0, 0.1) is 0 Å². The summed E-state index contributed by atoms with van der Waals surface area (Å²) in [7, 11) is 0. The van der Waals surface area contributed by atoms with Gasteiger partial charge in [0.2, 0.25) is 11.8 Å². The maximum absolute atomic E-state index is 13.5. The van der Waals surface area contributed by atoms with Crippen LogP contribution in [-0.2, 0) is 16.0 Å². The molecule has 2 amide bonds. The summed E-state index contributed by atoms with van der Waals surface area (Å²) >= 11 is 0.